The lowest BCUT2D eigenvalue weighted by Crippen LogP contribution is -2.03. The number of benzene rings is 1. The van der Waals surface area contributed by atoms with Crippen LogP contribution in [0.2, 0.25) is 0 Å². The van der Waals surface area contributed by atoms with Gasteiger partial charge in [-0.05, 0) is 13.0 Å². The second-order valence-electron chi connectivity index (χ2n) is 6.24. The lowest BCUT2D eigenvalue weighted by Gasteiger charge is -2.08. The molecule has 134 valence electrons. The van der Waals surface area contributed by atoms with Gasteiger partial charge in [-0.2, -0.15) is 9.61 Å². The molecular formula is C18H15N7O2. The van der Waals surface area contributed by atoms with Crippen molar-refractivity contribution < 1.29 is 9.26 Å². The van der Waals surface area contributed by atoms with E-state index in [0.29, 0.717) is 35.4 Å². The number of hydrogen-bond acceptors (Lipinski definition) is 7. The van der Waals surface area contributed by atoms with Crippen molar-refractivity contribution in [1.82, 2.24) is 34.7 Å². The van der Waals surface area contributed by atoms with Crippen molar-refractivity contribution in [1.29, 1.82) is 0 Å². The summed E-state index contributed by atoms with van der Waals surface area (Å²) in [5, 5.41) is 23.1. The van der Waals surface area contributed by atoms with Crippen molar-refractivity contribution in [3.63, 3.8) is 0 Å². The molecule has 0 unspecified atom stereocenters. The first-order valence-electron chi connectivity index (χ1n) is 8.37. The molecule has 0 saturated heterocycles. The molecule has 1 aromatic carbocycles. The van der Waals surface area contributed by atoms with Crippen LogP contribution in [0.5, 0.6) is 5.88 Å². The molecule has 0 radical (unpaired) electrons. The predicted octanol–water partition coefficient (Wildman–Crippen LogP) is 2.55. The van der Waals surface area contributed by atoms with Gasteiger partial charge in [-0.3, -0.25) is 4.68 Å². The highest BCUT2D eigenvalue weighted by molar-refractivity contribution is 5.96. The minimum atomic E-state index is 0.358. The van der Waals surface area contributed by atoms with E-state index in [9.17, 15) is 0 Å². The van der Waals surface area contributed by atoms with E-state index < -0.39 is 0 Å². The minimum absolute atomic E-state index is 0.358. The van der Waals surface area contributed by atoms with E-state index in [-0.39, 0.29) is 0 Å². The number of aromatic nitrogens is 7. The molecule has 4 heterocycles. The van der Waals surface area contributed by atoms with Gasteiger partial charge in [-0.1, -0.05) is 23.4 Å². The van der Waals surface area contributed by atoms with Gasteiger partial charge in [0.15, 0.2) is 11.3 Å². The summed E-state index contributed by atoms with van der Waals surface area (Å²) < 4.78 is 14.5. The van der Waals surface area contributed by atoms with Crippen LogP contribution in [0.3, 0.4) is 0 Å². The lowest BCUT2D eigenvalue weighted by molar-refractivity contribution is 0.293. The fraction of sp³-hybridized carbons (Fsp3) is 0.167. The van der Waals surface area contributed by atoms with Crippen LogP contribution in [0.25, 0.3) is 27.9 Å². The summed E-state index contributed by atoms with van der Waals surface area (Å²) in [6.45, 7) is 2.18. The molecular weight excluding hydrogens is 346 g/mol. The fourth-order valence-electron chi connectivity index (χ4n) is 2.99. The molecule has 0 aliphatic heterocycles. The van der Waals surface area contributed by atoms with Gasteiger partial charge in [-0.15, -0.1) is 15.3 Å². The molecule has 5 aromatic rings. The Bertz CT molecular complexity index is 1270. The molecule has 0 N–H and O–H groups in total. The summed E-state index contributed by atoms with van der Waals surface area (Å²) in [5.74, 6) is 1.68. The summed E-state index contributed by atoms with van der Waals surface area (Å²) in [6, 6.07) is 9.60. The van der Waals surface area contributed by atoms with E-state index in [0.717, 1.165) is 16.3 Å². The Morgan fingerprint density at radius 3 is 2.74 bits per heavy atom. The average Bonchev–Trinajstić information content (AvgIpc) is 3.39. The standard InChI is InChI=1S/C18H15N7O2/c1-11-7-15(23-27-11)17-21-20-16-13-5-3-4-6-14(13)18(22-25(16)17)26-10-12-8-19-24(2)9-12/h3-9H,10H2,1-2H3. The Balaban J connectivity index is 1.66. The fourth-order valence-corrected chi connectivity index (χ4v) is 2.99. The summed E-state index contributed by atoms with van der Waals surface area (Å²) in [5.41, 5.74) is 2.16. The van der Waals surface area contributed by atoms with Gasteiger partial charge in [0.2, 0.25) is 11.7 Å². The first kappa shape index (κ1) is 15.5. The van der Waals surface area contributed by atoms with Crippen molar-refractivity contribution in [2.45, 2.75) is 13.5 Å². The van der Waals surface area contributed by atoms with Crippen molar-refractivity contribution in [2.75, 3.05) is 0 Å². The molecule has 27 heavy (non-hydrogen) atoms. The quantitative estimate of drug-likeness (QED) is 0.485. The number of hydrogen-bond donors (Lipinski definition) is 0. The van der Waals surface area contributed by atoms with Crippen LogP contribution < -0.4 is 4.74 Å². The molecule has 9 nitrogen and oxygen atoms in total. The van der Waals surface area contributed by atoms with Crippen LogP contribution in [0.4, 0.5) is 0 Å². The maximum atomic E-state index is 6.01. The molecule has 0 aliphatic rings. The Kier molecular flexibility index (Phi) is 3.39. The van der Waals surface area contributed by atoms with Crippen LogP contribution in [-0.4, -0.2) is 34.7 Å². The first-order chi connectivity index (χ1) is 13.2. The van der Waals surface area contributed by atoms with Gasteiger partial charge >= 0.3 is 0 Å². The molecule has 0 saturated carbocycles. The maximum absolute atomic E-state index is 6.01. The summed E-state index contributed by atoms with van der Waals surface area (Å²) in [6.07, 6.45) is 3.67. The molecule has 0 bridgehead atoms. The van der Waals surface area contributed by atoms with E-state index in [1.54, 1.807) is 21.5 Å². The van der Waals surface area contributed by atoms with E-state index in [2.05, 4.69) is 25.6 Å². The number of ether oxygens (including phenoxy) is 1. The van der Waals surface area contributed by atoms with Gasteiger partial charge in [-0.25, -0.2) is 0 Å². The van der Waals surface area contributed by atoms with E-state index >= 15 is 0 Å². The third-order valence-corrected chi connectivity index (χ3v) is 4.22. The average molecular weight is 361 g/mol. The van der Waals surface area contributed by atoms with Gasteiger partial charge in [0.25, 0.3) is 0 Å². The largest absolute Gasteiger partial charge is 0.471 e. The topological polar surface area (TPSA) is 96.2 Å². The summed E-state index contributed by atoms with van der Waals surface area (Å²) >= 11 is 0. The van der Waals surface area contributed by atoms with Gasteiger partial charge in [0.05, 0.1) is 6.20 Å². The zero-order valence-corrected chi connectivity index (χ0v) is 14.7. The third-order valence-electron chi connectivity index (χ3n) is 4.22. The molecule has 0 fully saturated rings. The van der Waals surface area contributed by atoms with Crippen molar-refractivity contribution in [3.05, 3.63) is 54.0 Å². The van der Waals surface area contributed by atoms with Crippen molar-refractivity contribution in [2.24, 2.45) is 7.05 Å². The molecule has 9 heteroatoms. The Hall–Kier alpha value is -3.75. The molecule has 0 amide bonds. The van der Waals surface area contributed by atoms with Crippen LogP contribution in [0.15, 0.2) is 47.2 Å². The third kappa shape index (κ3) is 2.60. The van der Waals surface area contributed by atoms with Crippen molar-refractivity contribution >= 4 is 16.4 Å². The zero-order valence-electron chi connectivity index (χ0n) is 14.7. The molecule has 0 atom stereocenters. The van der Waals surface area contributed by atoms with Crippen LogP contribution in [0.1, 0.15) is 11.3 Å². The number of aryl methyl sites for hydroxylation is 2. The zero-order chi connectivity index (χ0) is 18.4. The SMILES string of the molecule is Cc1cc(-c2nnc3c4ccccc4c(OCc4cnn(C)c4)nn23)no1. The molecule has 4 aromatic heterocycles. The predicted molar refractivity (Wildman–Crippen MR) is 96.1 cm³/mol. The molecule has 0 aliphatic carbocycles. The first-order valence-corrected chi connectivity index (χ1v) is 8.37. The van der Waals surface area contributed by atoms with Crippen molar-refractivity contribution in [3.8, 4) is 17.4 Å². The highest BCUT2D eigenvalue weighted by atomic mass is 16.5. The maximum Gasteiger partial charge on any atom is 0.240 e. The smallest absolute Gasteiger partial charge is 0.240 e. The Morgan fingerprint density at radius 2 is 2.00 bits per heavy atom. The second kappa shape index (κ2) is 5.90. The molecule has 0 spiro atoms. The summed E-state index contributed by atoms with van der Waals surface area (Å²) in [4.78, 5) is 0. The van der Waals surface area contributed by atoms with Crippen LogP contribution in [0, 0.1) is 6.92 Å². The lowest BCUT2D eigenvalue weighted by atomic mass is 10.2. The Labute approximate surface area is 153 Å². The van der Waals surface area contributed by atoms with Gasteiger partial charge < -0.3 is 9.26 Å². The Morgan fingerprint density at radius 1 is 1.15 bits per heavy atom. The van der Waals surface area contributed by atoms with E-state index in [1.165, 1.54) is 0 Å². The van der Waals surface area contributed by atoms with E-state index in [1.807, 2.05) is 44.4 Å². The van der Waals surface area contributed by atoms with Gasteiger partial charge in [0.1, 0.15) is 12.4 Å². The highest BCUT2D eigenvalue weighted by Crippen LogP contribution is 2.29. The van der Waals surface area contributed by atoms with Crippen LogP contribution >= 0.6 is 0 Å². The minimum Gasteiger partial charge on any atom is -0.471 e. The monoisotopic (exact) mass is 361 g/mol. The second-order valence-corrected chi connectivity index (χ2v) is 6.24. The molecule has 5 rings (SSSR count). The van der Waals surface area contributed by atoms with E-state index in [4.69, 9.17) is 9.26 Å². The number of fused-ring (bicyclic) bond motifs is 3. The van der Waals surface area contributed by atoms with Gasteiger partial charge in [0, 0.05) is 35.6 Å². The normalized spacial score (nSPS) is 11.5. The summed E-state index contributed by atoms with van der Waals surface area (Å²) in [7, 11) is 1.87. The number of nitrogens with zero attached hydrogens (tertiary/aromatic N) is 7. The number of rotatable bonds is 4. The van der Waals surface area contributed by atoms with Crippen LogP contribution in [-0.2, 0) is 13.7 Å². The highest BCUT2D eigenvalue weighted by Gasteiger charge is 2.18.